The lowest BCUT2D eigenvalue weighted by atomic mass is 9.83. The number of nitrogens with one attached hydrogen (secondary N) is 1. The highest BCUT2D eigenvalue weighted by molar-refractivity contribution is 7.93. The smallest absolute Gasteiger partial charge is 0.310 e. The quantitative estimate of drug-likeness (QED) is 0.610. The Labute approximate surface area is 114 Å². The van der Waals surface area contributed by atoms with Crippen molar-refractivity contribution >= 4 is 25.8 Å². The van der Waals surface area contributed by atoms with Gasteiger partial charge in [0.1, 0.15) is 9.84 Å². The molecular weight excluding hydrogens is 294 g/mol. The van der Waals surface area contributed by atoms with Gasteiger partial charge in [0.2, 0.25) is 10.0 Å². The molecule has 19 heavy (non-hydrogen) atoms. The van der Waals surface area contributed by atoms with Gasteiger partial charge in [0.05, 0.1) is 16.9 Å². The molecule has 0 saturated heterocycles. The van der Waals surface area contributed by atoms with Gasteiger partial charge in [-0.05, 0) is 12.8 Å². The Bertz CT molecular complexity index is 504. The van der Waals surface area contributed by atoms with Gasteiger partial charge >= 0.3 is 5.97 Å². The van der Waals surface area contributed by atoms with Crippen LogP contribution in [0.1, 0.15) is 26.7 Å². The molecule has 0 rings (SSSR count). The summed E-state index contributed by atoms with van der Waals surface area (Å²) in [7, 11) is -7.17. The summed E-state index contributed by atoms with van der Waals surface area (Å²) in [5.74, 6) is -2.11. The summed E-state index contributed by atoms with van der Waals surface area (Å²) in [5.41, 5.74) is -1.15. The van der Waals surface area contributed by atoms with Crippen molar-refractivity contribution in [2.75, 3.05) is 24.3 Å². The number of carboxylic acids is 1. The monoisotopic (exact) mass is 315 g/mol. The number of rotatable bonds is 9. The maximum atomic E-state index is 11.6. The molecule has 0 aliphatic heterocycles. The average Bonchev–Trinajstić information content (AvgIpc) is 2.27. The van der Waals surface area contributed by atoms with Crippen molar-refractivity contribution in [3.8, 4) is 0 Å². The number of sulfone groups is 1. The SMILES string of the molecule is CCC(CC)(CNS(=O)(=O)CCS(C)(=O)=O)C(=O)O. The third-order valence-corrected chi connectivity index (χ3v) is 5.69. The minimum absolute atomic E-state index is 0.235. The first-order chi connectivity index (χ1) is 8.48. The molecule has 9 heteroatoms. The van der Waals surface area contributed by atoms with Crippen molar-refractivity contribution < 1.29 is 26.7 Å². The second-order valence-electron chi connectivity index (χ2n) is 4.56. The summed E-state index contributed by atoms with van der Waals surface area (Å²) in [5, 5.41) is 9.15. The molecule has 0 aliphatic rings. The Morgan fingerprint density at radius 3 is 1.89 bits per heavy atom. The molecule has 0 aromatic carbocycles. The Morgan fingerprint density at radius 1 is 1.11 bits per heavy atom. The van der Waals surface area contributed by atoms with E-state index in [-0.39, 0.29) is 19.4 Å². The fraction of sp³-hybridized carbons (Fsp3) is 0.900. The number of carboxylic acid groups (broad SMARTS) is 1. The molecule has 0 aliphatic carbocycles. The van der Waals surface area contributed by atoms with Gasteiger partial charge in [0, 0.05) is 12.8 Å². The lowest BCUT2D eigenvalue weighted by Gasteiger charge is -2.26. The highest BCUT2D eigenvalue weighted by atomic mass is 32.2. The second kappa shape index (κ2) is 6.67. The Morgan fingerprint density at radius 2 is 1.58 bits per heavy atom. The van der Waals surface area contributed by atoms with Crippen molar-refractivity contribution in [1.82, 2.24) is 4.72 Å². The Hall–Kier alpha value is -0.670. The number of hydrogen-bond donors (Lipinski definition) is 2. The largest absolute Gasteiger partial charge is 0.481 e. The first kappa shape index (κ1) is 18.3. The molecule has 7 nitrogen and oxygen atoms in total. The van der Waals surface area contributed by atoms with Gasteiger partial charge in [-0.3, -0.25) is 4.79 Å². The lowest BCUT2D eigenvalue weighted by Crippen LogP contribution is -2.43. The normalized spacial score (nSPS) is 13.4. The van der Waals surface area contributed by atoms with Crippen molar-refractivity contribution in [2.45, 2.75) is 26.7 Å². The van der Waals surface area contributed by atoms with Gasteiger partial charge in [-0.1, -0.05) is 13.8 Å². The molecule has 2 N–H and O–H groups in total. The van der Waals surface area contributed by atoms with Gasteiger partial charge in [0.15, 0.2) is 0 Å². The number of hydrogen-bond acceptors (Lipinski definition) is 5. The van der Waals surface area contributed by atoms with Gasteiger partial charge in [-0.2, -0.15) is 0 Å². The van der Waals surface area contributed by atoms with Crippen LogP contribution in [0.4, 0.5) is 0 Å². The molecular formula is C10H21NO6S2. The van der Waals surface area contributed by atoms with Crippen LogP contribution in [-0.2, 0) is 24.7 Å². The standard InChI is InChI=1S/C10H21NO6S2/c1-4-10(5-2,9(12)13)8-11-19(16,17)7-6-18(3,14)15/h11H,4-8H2,1-3H3,(H,12,13). The van der Waals surface area contributed by atoms with E-state index in [9.17, 15) is 21.6 Å². The van der Waals surface area contributed by atoms with Crippen LogP contribution in [0.5, 0.6) is 0 Å². The number of carbonyl (C=O) groups is 1. The number of aliphatic carboxylic acids is 1. The maximum absolute atomic E-state index is 11.6. The molecule has 114 valence electrons. The molecule has 0 amide bonds. The van der Waals surface area contributed by atoms with Crippen LogP contribution >= 0.6 is 0 Å². The molecule has 0 radical (unpaired) electrons. The minimum Gasteiger partial charge on any atom is -0.481 e. The lowest BCUT2D eigenvalue weighted by molar-refractivity contribution is -0.149. The highest BCUT2D eigenvalue weighted by Crippen LogP contribution is 2.25. The fourth-order valence-electron chi connectivity index (χ4n) is 1.46. The first-order valence-electron chi connectivity index (χ1n) is 5.86. The Kier molecular flexibility index (Phi) is 6.43. The fourth-order valence-corrected chi connectivity index (χ4v) is 4.19. The van der Waals surface area contributed by atoms with E-state index in [4.69, 9.17) is 5.11 Å². The summed E-state index contributed by atoms with van der Waals surface area (Å²) in [6.45, 7) is 3.10. The summed E-state index contributed by atoms with van der Waals surface area (Å²) in [6.07, 6.45) is 1.52. The van der Waals surface area contributed by atoms with Gasteiger partial charge in [-0.15, -0.1) is 0 Å². The van der Waals surface area contributed by atoms with E-state index < -0.39 is 42.8 Å². The predicted octanol–water partition coefficient (Wildman–Crippen LogP) is -0.159. The second-order valence-corrected chi connectivity index (χ2v) is 8.75. The predicted molar refractivity (Wildman–Crippen MR) is 72.2 cm³/mol. The van der Waals surface area contributed by atoms with Crippen molar-refractivity contribution in [3.05, 3.63) is 0 Å². The molecule has 0 spiro atoms. The summed E-state index contributed by atoms with van der Waals surface area (Å²) in [4.78, 5) is 11.2. The van der Waals surface area contributed by atoms with Gasteiger partial charge in [0.25, 0.3) is 0 Å². The topological polar surface area (TPSA) is 118 Å². The van der Waals surface area contributed by atoms with Crippen LogP contribution in [0.15, 0.2) is 0 Å². The average molecular weight is 315 g/mol. The van der Waals surface area contributed by atoms with E-state index in [1.807, 2.05) is 0 Å². The van der Waals surface area contributed by atoms with Gasteiger partial charge < -0.3 is 5.11 Å². The molecule has 0 bridgehead atoms. The van der Waals surface area contributed by atoms with Crippen LogP contribution in [0.2, 0.25) is 0 Å². The summed E-state index contributed by atoms with van der Waals surface area (Å²) >= 11 is 0. The van der Waals surface area contributed by atoms with Crippen LogP contribution < -0.4 is 4.72 Å². The number of sulfonamides is 1. The molecule has 0 aromatic rings. The van der Waals surface area contributed by atoms with E-state index in [0.29, 0.717) is 0 Å². The van der Waals surface area contributed by atoms with Crippen LogP contribution in [-0.4, -0.2) is 52.2 Å². The molecule has 0 aromatic heterocycles. The van der Waals surface area contributed by atoms with Crippen molar-refractivity contribution in [2.24, 2.45) is 5.41 Å². The van der Waals surface area contributed by atoms with Crippen LogP contribution in [0.25, 0.3) is 0 Å². The molecule has 0 atom stereocenters. The van der Waals surface area contributed by atoms with Crippen molar-refractivity contribution in [3.63, 3.8) is 0 Å². The van der Waals surface area contributed by atoms with Crippen LogP contribution in [0.3, 0.4) is 0 Å². The zero-order valence-electron chi connectivity index (χ0n) is 11.3. The van der Waals surface area contributed by atoms with E-state index >= 15 is 0 Å². The zero-order chi connectivity index (χ0) is 15.3. The molecule has 0 fully saturated rings. The van der Waals surface area contributed by atoms with E-state index in [1.54, 1.807) is 13.8 Å². The summed E-state index contributed by atoms with van der Waals surface area (Å²) in [6, 6.07) is 0. The third-order valence-electron chi connectivity index (χ3n) is 3.16. The first-order valence-corrected chi connectivity index (χ1v) is 9.58. The minimum atomic E-state index is -3.79. The summed E-state index contributed by atoms with van der Waals surface area (Å²) < 4.78 is 47.2. The Balaban J connectivity index is 4.73. The van der Waals surface area contributed by atoms with Gasteiger partial charge in [-0.25, -0.2) is 21.6 Å². The van der Waals surface area contributed by atoms with E-state index in [0.717, 1.165) is 6.26 Å². The molecule has 0 saturated carbocycles. The molecule has 0 heterocycles. The third kappa shape index (κ3) is 6.35. The van der Waals surface area contributed by atoms with Crippen molar-refractivity contribution in [1.29, 1.82) is 0 Å². The zero-order valence-corrected chi connectivity index (χ0v) is 13.0. The molecule has 0 unspecified atom stereocenters. The van der Waals surface area contributed by atoms with E-state index in [2.05, 4.69) is 4.72 Å². The highest BCUT2D eigenvalue weighted by Gasteiger charge is 2.35. The van der Waals surface area contributed by atoms with Crippen LogP contribution in [0, 0.1) is 5.41 Å². The van der Waals surface area contributed by atoms with E-state index in [1.165, 1.54) is 0 Å². The maximum Gasteiger partial charge on any atom is 0.310 e.